The summed E-state index contributed by atoms with van der Waals surface area (Å²) < 4.78 is 62.6. The number of hydrogen-bond acceptors (Lipinski definition) is 4. The quantitative estimate of drug-likeness (QED) is 0.264. The highest BCUT2D eigenvalue weighted by Crippen LogP contribution is 2.38. The predicted molar refractivity (Wildman–Crippen MR) is 113 cm³/mol. The fourth-order valence-electron chi connectivity index (χ4n) is 3.09. The third kappa shape index (κ3) is 4.96. The lowest BCUT2D eigenvalue weighted by atomic mass is 9.96. The van der Waals surface area contributed by atoms with E-state index < -0.39 is 15.6 Å². The van der Waals surface area contributed by atoms with Crippen molar-refractivity contribution in [3.05, 3.63) is 51.0 Å². The molecule has 0 saturated carbocycles. The molecule has 0 unspecified atom stereocenters. The molecule has 1 heterocycles. The van der Waals surface area contributed by atoms with Gasteiger partial charge in [-0.15, -0.1) is 0 Å². The normalized spacial score (nSPS) is 12.1. The van der Waals surface area contributed by atoms with E-state index in [2.05, 4.69) is 63.5 Å². The van der Waals surface area contributed by atoms with E-state index in [4.69, 9.17) is 24.6 Å². The van der Waals surface area contributed by atoms with Crippen LogP contribution in [0.3, 0.4) is 0 Å². The highest BCUT2D eigenvalue weighted by molar-refractivity contribution is 7.86. The van der Waals surface area contributed by atoms with E-state index in [0.29, 0.717) is 0 Å². The minimum absolute atomic E-state index is 0.838. The summed E-state index contributed by atoms with van der Waals surface area (Å²) in [7, 11) is -6.09. The summed E-state index contributed by atoms with van der Waals surface area (Å²) in [6.07, 6.45) is 0. The minimum Gasteiger partial charge on any atom is -0.741 e. The molecule has 0 spiro atoms. The van der Waals surface area contributed by atoms with Gasteiger partial charge in [-0.1, -0.05) is 29.0 Å². The third-order valence-corrected chi connectivity index (χ3v) is 6.65. The van der Waals surface area contributed by atoms with Gasteiger partial charge in [-0.3, -0.25) is 0 Å². The Morgan fingerprint density at radius 2 is 1.60 bits per heavy atom. The lowest BCUT2D eigenvalue weighted by molar-refractivity contribution is -0.669. The summed E-state index contributed by atoms with van der Waals surface area (Å²) in [6, 6.07) is 8.75. The Balaban J connectivity index is 0.000000343. The first-order valence-electron chi connectivity index (χ1n) is 8.90. The van der Waals surface area contributed by atoms with E-state index in [-0.39, 0.29) is 0 Å². The van der Waals surface area contributed by atoms with Crippen LogP contribution in [0.15, 0.2) is 24.3 Å². The van der Waals surface area contributed by atoms with Gasteiger partial charge in [0.15, 0.2) is 10.1 Å². The molecule has 0 aliphatic rings. The number of nitrogens with zero attached hydrogens (tertiary/aromatic N) is 1. The predicted octanol–water partition coefficient (Wildman–Crippen LogP) is 5.81. The van der Waals surface area contributed by atoms with E-state index in [0.717, 1.165) is 17.1 Å². The van der Waals surface area contributed by atoms with Crippen LogP contribution in [0.25, 0.3) is 21.3 Å². The summed E-state index contributed by atoms with van der Waals surface area (Å²) in [5.74, 6) is 0. The molecule has 3 rings (SSSR count). The summed E-state index contributed by atoms with van der Waals surface area (Å²) in [6.45, 7) is 11.8. The molecule has 4 nitrogen and oxygen atoms in total. The molecule has 0 radical (unpaired) electrons. The number of aryl methyl sites for hydroxylation is 5. The second-order valence-electron chi connectivity index (χ2n) is 6.79. The fourth-order valence-corrected chi connectivity index (χ4v) is 4.49. The van der Waals surface area contributed by atoms with Crippen molar-refractivity contribution in [3.8, 4) is 11.1 Å². The summed E-state index contributed by atoms with van der Waals surface area (Å²) in [4.78, 5) is 0. The van der Waals surface area contributed by atoms with Crippen molar-refractivity contribution in [1.82, 2.24) is 0 Å². The maximum atomic E-state index is 10.7. The molecule has 0 N–H and O–H groups in total. The average Bonchev–Trinajstić information content (AvgIpc) is 2.92. The molecule has 1 aromatic heterocycles. The van der Waals surface area contributed by atoms with E-state index >= 15 is 0 Å². The number of alkyl halides is 3. The van der Waals surface area contributed by atoms with Gasteiger partial charge in [0.25, 0.3) is 0 Å². The Morgan fingerprint density at radius 1 is 1.07 bits per heavy atom. The lowest BCUT2D eigenvalue weighted by Crippen LogP contribution is -2.33. The van der Waals surface area contributed by atoms with E-state index in [1.54, 1.807) is 0 Å². The first-order chi connectivity index (χ1) is 13.7. The van der Waals surface area contributed by atoms with E-state index in [9.17, 15) is 13.2 Å². The van der Waals surface area contributed by atoms with Crippen molar-refractivity contribution in [2.24, 2.45) is 0 Å². The number of halogens is 4. The summed E-state index contributed by atoms with van der Waals surface area (Å²) in [5.41, 5.74) is 1.89. The molecule has 0 amide bonds. The Labute approximate surface area is 182 Å². The first kappa shape index (κ1) is 24.6. The van der Waals surface area contributed by atoms with Crippen LogP contribution in [0.5, 0.6) is 0 Å². The van der Waals surface area contributed by atoms with Gasteiger partial charge in [0.1, 0.15) is 11.2 Å². The maximum Gasteiger partial charge on any atom is 0.485 e. The summed E-state index contributed by atoms with van der Waals surface area (Å²) in [5, 5.41) is 2.18. The van der Waals surface area contributed by atoms with Crippen molar-refractivity contribution in [2.75, 3.05) is 0 Å². The molecule has 0 fully saturated rings. The van der Waals surface area contributed by atoms with Crippen molar-refractivity contribution in [2.45, 2.75) is 46.7 Å². The fraction of sp³-hybridized carbons (Fsp3) is 0.350. The molecular formula is C20H21ClF3NO3S2. The second-order valence-corrected chi connectivity index (χ2v) is 9.80. The molecule has 0 atom stereocenters. The molecule has 0 aliphatic heterocycles. The molecular weight excluding hydrogens is 459 g/mol. The smallest absolute Gasteiger partial charge is 0.485 e. The minimum atomic E-state index is -6.09. The molecule has 2 aromatic carbocycles. The standard InChI is InChI=1S/C19H21ClNS.CHF3O3S/c1-6-21-14(5)22-17-8-7-11(2)18(19(17)21)15-9-12(3)13(4)10-16(15)20;2-1(3,4)8(5,6)7/h7-10H,6H2,1-5H3;(H,5,6,7)/q+1;/p-1. The van der Waals surface area contributed by atoms with Crippen molar-refractivity contribution in [1.29, 1.82) is 0 Å². The molecule has 0 aliphatic carbocycles. The van der Waals surface area contributed by atoms with Crippen molar-refractivity contribution < 1.29 is 30.7 Å². The molecule has 164 valence electrons. The van der Waals surface area contributed by atoms with Crippen LogP contribution in [-0.2, 0) is 16.7 Å². The van der Waals surface area contributed by atoms with Crippen molar-refractivity contribution >= 4 is 43.3 Å². The SMILES string of the molecule is CC[n+]1c(C)sc2ccc(C)c(-c3cc(C)c(C)cc3Cl)c21.O=S(=O)([O-])C(F)(F)F. The van der Waals surface area contributed by atoms with Gasteiger partial charge in [0.05, 0.1) is 5.56 Å². The van der Waals surface area contributed by atoms with Crippen LogP contribution < -0.4 is 4.57 Å². The van der Waals surface area contributed by atoms with E-state index in [1.807, 2.05) is 11.3 Å². The van der Waals surface area contributed by atoms with Gasteiger partial charge >= 0.3 is 5.51 Å². The number of hydrogen-bond donors (Lipinski definition) is 0. The Bertz CT molecular complexity index is 1200. The largest absolute Gasteiger partial charge is 0.741 e. The van der Waals surface area contributed by atoms with Gasteiger partial charge in [-0.25, -0.2) is 8.42 Å². The molecule has 30 heavy (non-hydrogen) atoms. The number of aromatic nitrogens is 1. The van der Waals surface area contributed by atoms with Gasteiger partial charge in [0.2, 0.25) is 10.5 Å². The zero-order valence-electron chi connectivity index (χ0n) is 17.0. The zero-order chi connectivity index (χ0) is 23.0. The van der Waals surface area contributed by atoms with Crippen LogP contribution in [0.4, 0.5) is 13.2 Å². The molecule has 0 saturated heterocycles. The first-order valence-corrected chi connectivity index (χ1v) is 11.5. The van der Waals surface area contributed by atoms with Crippen molar-refractivity contribution in [3.63, 3.8) is 0 Å². The van der Waals surface area contributed by atoms with Gasteiger partial charge in [-0.05, 0) is 62.6 Å². The van der Waals surface area contributed by atoms with Crippen LogP contribution in [0, 0.1) is 27.7 Å². The molecule has 3 aromatic rings. The monoisotopic (exact) mass is 479 g/mol. The number of rotatable bonds is 2. The van der Waals surface area contributed by atoms with Gasteiger partial charge < -0.3 is 4.55 Å². The highest BCUT2D eigenvalue weighted by Gasteiger charge is 2.36. The number of fused-ring (bicyclic) bond motifs is 1. The zero-order valence-corrected chi connectivity index (χ0v) is 19.4. The van der Waals surface area contributed by atoms with Gasteiger partial charge in [0, 0.05) is 17.5 Å². The van der Waals surface area contributed by atoms with Gasteiger partial charge in [-0.2, -0.15) is 17.7 Å². The summed E-state index contributed by atoms with van der Waals surface area (Å²) >= 11 is 8.46. The highest BCUT2D eigenvalue weighted by atomic mass is 35.5. The molecule has 0 bridgehead atoms. The topological polar surface area (TPSA) is 61.1 Å². The molecule has 10 heteroatoms. The van der Waals surface area contributed by atoms with Crippen LogP contribution in [0.1, 0.15) is 28.6 Å². The Kier molecular flexibility index (Phi) is 7.23. The van der Waals surface area contributed by atoms with Crippen LogP contribution in [0.2, 0.25) is 5.02 Å². The Hall–Kier alpha value is -1.68. The number of benzene rings is 2. The van der Waals surface area contributed by atoms with Crippen LogP contribution >= 0.6 is 22.9 Å². The second kappa shape index (κ2) is 8.82. The lowest BCUT2D eigenvalue weighted by Gasteiger charge is -2.11. The van der Waals surface area contributed by atoms with E-state index in [1.165, 1.54) is 37.5 Å². The average molecular weight is 480 g/mol. The third-order valence-electron chi connectivity index (χ3n) is 4.71. The maximum absolute atomic E-state index is 10.7. The van der Waals surface area contributed by atoms with Crippen LogP contribution in [-0.4, -0.2) is 18.5 Å². The Morgan fingerprint density at radius 3 is 2.10 bits per heavy atom. The number of thiazole rings is 1.